The summed E-state index contributed by atoms with van der Waals surface area (Å²) < 4.78 is 0. The van der Waals surface area contributed by atoms with Gasteiger partial charge in [-0.25, -0.2) is 0 Å². The van der Waals surface area contributed by atoms with Gasteiger partial charge in [0.25, 0.3) is 0 Å². The first-order valence-corrected chi connectivity index (χ1v) is 5.32. The minimum atomic E-state index is 0.488. The van der Waals surface area contributed by atoms with E-state index in [9.17, 15) is 4.79 Å². The third-order valence-corrected chi connectivity index (χ3v) is 2.62. The largest absolute Gasteiger partial charge is 0.299 e. The Hall–Kier alpha value is -1.90. The summed E-state index contributed by atoms with van der Waals surface area (Å²) in [4.78, 5) is 10.3. The van der Waals surface area contributed by atoms with Crippen LogP contribution < -0.4 is 0 Å². The van der Waals surface area contributed by atoms with Crippen molar-refractivity contribution >= 4 is 23.3 Å². The van der Waals surface area contributed by atoms with Crippen LogP contribution in [-0.2, 0) is 4.79 Å². The van der Waals surface area contributed by atoms with Crippen LogP contribution >= 0.6 is 0 Å². The molecule has 0 saturated heterocycles. The van der Waals surface area contributed by atoms with Crippen molar-refractivity contribution in [2.45, 2.75) is 19.8 Å². The molecule has 1 heterocycles. The van der Waals surface area contributed by atoms with Crippen LogP contribution in [0.1, 0.15) is 31.0 Å². The number of fused-ring (bicyclic) bond motifs is 1. The molecule has 0 unspecified atom stereocenters. The number of hydrogen-bond acceptors (Lipinski definition) is 2. The van der Waals surface area contributed by atoms with Crippen LogP contribution in [-0.4, -0.2) is 16.5 Å². The Morgan fingerprint density at radius 1 is 1.38 bits per heavy atom. The van der Waals surface area contributed by atoms with Gasteiger partial charge in [0.2, 0.25) is 0 Å². The third-order valence-electron chi connectivity index (χ3n) is 2.62. The van der Waals surface area contributed by atoms with Crippen LogP contribution in [0.4, 0.5) is 0 Å². The fourth-order valence-corrected chi connectivity index (χ4v) is 1.67. The number of H-pyrrole nitrogens is 1. The first-order chi connectivity index (χ1) is 7.72. The Morgan fingerprint density at radius 3 is 2.88 bits per heavy atom. The standard InChI is InChI=1S/C13H14N2O/c1-9(2)10-5-6-13-11(8-10)12(14-15-13)4-3-7-16/h3-9H,1-2H3,(H,14,15)/b4-3+. The lowest BCUT2D eigenvalue weighted by atomic mass is 10.0. The van der Waals surface area contributed by atoms with Crippen molar-refractivity contribution in [3.8, 4) is 0 Å². The molecule has 0 aliphatic rings. The second-order valence-corrected chi connectivity index (χ2v) is 4.06. The molecule has 0 aliphatic heterocycles. The average Bonchev–Trinajstić information content (AvgIpc) is 2.68. The number of rotatable bonds is 3. The number of nitrogens with one attached hydrogen (secondary N) is 1. The first-order valence-electron chi connectivity index (χ1n) is 5.32. The minimum Gasteiger partial charge on any atom is -0.299 e. The molecule has 0 fully saturated rings. The van der Waals surface area contributed by atoms with E-state index in [1.165, 1.54) is 11.6 Å². The number of aldehydes is 1. The van der Waals surface area contributed by atoms with Crippen molar-refractivity contribution in [2.24, 2.45) is 0 Å². The first kappa shape index (κ1) is 10.6. The number of aromatic nitrogens is 2. The summed E-state index contributed by atoms with van der Waals surface area (Å²) in [5.41, 5.74) is 3.08. The zero-order valence-electron chi connectivity index (χ0n) is 9.40. The molecule has 0 atom stereocenters. The molecular weight excluding hydrogens is 200 g/mol. The number of carbonyl (C=O) groups is 1. The van der Waals surface area contributed by atoms with Crippen LogP contribution in [0.2, 0.25) is 0 Å². The van der Waals surface area contributed by atoms with Gasteiger partial charge >= 0.3 is 0 Å². The molecule has 1 aromatic carbocycles. The molecule has 16 heavy (non-hydrogen) atoms. The highest BCUT2D eigenvalue weighted by molar-refractivity contribution is 5.89. The van der Waals surface area contributed by atoms with Crippen LogP contribution in [0.25, 0.3) is 17.0 Å². The molecule has 0 saturated carbocycles. The summed E-state index contributed by atoms with van der Waals surface area (Å²) in [5.74, 6) is 0.488. The van der Waals surface area contributed by atoms with Gasteiger partial charge in [-0.3, -0.25) is 9.89 Å². The Bertz CT molecular complexity index is 538. The second-order valence-electron chi connectivity index (χ2n) is 4.06. The summed E-state index contributed by atoms with van der Waals surface area (Å²) in [7, 11) is 0. The SMILES string of the molecule is CC(C)c1ccc2n[nH]c(/C=C/C=O)c2c1. The highest BCUT2D eigenvalue weighted by atomic mass is 16.1. The van der Waals surface area contributed by atoms with Crippen molar-refractivity contribution < 1.29 is 4.79 Å². The van der Waals surface area contributed by atoms with Crippen molar-refractivity contribution in [1.82, 2.24) is 10.2 Å². The van der Waals surface area contributed by atoms with E-state index in [4.69, 9.17) is 0 Å². The molecule has 0 bridgehead atoms. The number of benzene rings is 1. The van der Waals surface area contributed by atoms with Crippen molar-refractivity contribution in [2.75, 3.05) is 0 Å². The number of aromatic amines is 1. The Balaban J connectivity index is 2.55. The zero-order valence-corrected chi connectivity index (χ0v) is 9.40. The maximum absolute atomic E-state index is 10.3. The molecular formula is C13H14N2O. The predicted molar refractivity (Wildman–Crippen MR) is 65.3 cm³/mol. The van der Waals surface area contributed by atoms with E-state index in [2.05, 4.69) is 36.2 Å². The predicted octanol–water partition coefficient (Wildman–Crippen LogP) is 2.90. The number of hydrogen-bond donors (Lipinski definition) is 1. The van der Waals surface area contributed by atoms with Gasteiger partial charge in [0.15, 0.2) is 0 Å². The lowest BCUT2D eigenvalue weighted by Crippen LogP contribution is -1.86. The van der Waals surface area contributed by atoms with Crippen LogP contribution in [0, 0.1) is 0 Å². The fraction of sp³-hybridized carbons (Fsp3) is 0.231. The van der Waals surface area contributed by atoms with Gasteiger partial charge in [0.1, 0.15) is 6.29 Å². The van der Waals surface area contributed by atoms with Gasteiger partial charge in [-0.05, 0) is 35.8 Å². The molecule has 0 amide bonds. The smallest absolute Gasteiger partial charge is 0.142 e. The van der Waals surface area contributed by atoms with E-state index in [-0.39, 0.29) is 0 Å². The average molecular weight is 214 g/mol. The molecule has 82 valence electrons. The third kappa shape index (κ3) is 1.89. The minimum absolute atomic E-state index is 0.488. The summed E-state index contributed by atoms with van der Waals surface area (Å²) >= 11 is 0. The van der Waals surface area contributed by atoms with Crippen LogP contribution in [0.5, 0.6) is 0 Å². The molecule has 2 rings (SSSR count). The number of nitrogens with zero attached hydrogens (tertiary/aromatic N) is 1. The lowest BCUT2D eigenvalue weighted by molar-refractivity contribution is -0.104. The van der Waals surface area contributed by atoms with Gasteiger partial charge in [-0.1, -0.05) is 19.9 Å². The normalized spacial score (nSPS) is 11.7. The van der Waals surface area contributed by atoms with Crippen LogP contribution in [0.15, 0.2) is 24.3 Å². The van der Waals surface area contributed by atoms with Gasteiger partial charge < -0.3 is 0 Å². The molecule has 0 aliphatic carbocycles. The summed E-state index contributed by atoms with van der Waals surface area (Å²) in [5, 5.41) is 8.16. The van der Waals surface area contributed by atoms with E-state index in [1.807, 2.05) is 6.07 Å². The summed E-state index contributed by atoms with van der Waals surface area (Å²) in [6.45, 7) is 4.31. The van der Waals surface area contributed by atoms with Gasteiger partial charge in [0, 0.05) is 5.39 Å². The van der Waals surface area contributed by atoms with E-state index in [0.717, 1.165) is 22.9 Å². The molecule has 3 heteroatoms. The molecule has 0 spiro atoms. The Labute approximate surface area is 94.2 Å². The number of carbonyl (C=O) groups excluding carboxylic acids is 1. The molecule has 3 nitrogen and oxygen atoms in total. The molecule has 1 aromatic heterocycles. The maximum Gasteiger partial charge on any atom is 0.142 e. The molecule has 1 N–H and O–H groups in total. The Morgan fingerprint density at radius 2 is 2.19 bits per heavy atom. The van der Waals surface area contributed by atoms with Crippen molar-refractivity contribution in [1.29, 1.82) is 0 Å². The van der Waals surface area contributed by atoms with Crippen LogP contribution in [0.3, 0.4) is 0 Å². The highest BCUT2D eigenvalue weighted by Gasteiger charge is 2.05. The van der Waals surface area contributed by atoms with Crippen molar-refractivity contribution in [3.63, 3.8) is 0 Å². The highest BCUT2D eigenvalue weighted by Crippen LogP contribution is 2.22. The monoisotopic (exact) mass is 214 g/mol. The second kappa shape index (κ2) is 4.31. The van der Waals surface area contributed by atoms with E-state index in [0.29, 0.717) is 5.92 Å². The summed E-state index contributed by atoms with van der Waals surface area (Å²) in [6.07, 6.45) is 3.97. The van der Waals surface area contributed by atoms with E-state index >= 15 is 0 Å². The Kier molecular flexibility index (Phi) is 2.86. The zero-order chi connectivity index (χ0) is 11.5. The van der Waals surface area contributed by atoms with Gasteiger partial charge in [-0.2, -0.15) is 5.10 Å². The summed E-state index contributed by atoms with van der Waals surface area (Å²) in [6, 6.07) is 6.20. The van der Waals surface area contributed by atoms with E-state index in [1.54, 1.807) is 6.08 Å². The lowest BCUT2D eigenvalue weighted by Gasteiger charge is -2.04. The fourth-order valence-electron chi connectivity index (χ4n) is 1.67. The van der Waals surface area contributed by atoms with Gasteiger partial charge in [0.05, 0.1) is 11.2 Å². The molecule has 0 radical (unpaired) electrons. The topological polar surface area (TPSA) is 45.8 Å². The van der Waals surface area contributed by atoms with Crippen molar-refractivity contribution in [3.05, 3.63) is 35.5 Å². The maximum atomic E-state index is 10.3. The van der Waals surface area contributed by atoms with E-state index < -0.39 is 0 Å². The van der Waals surface area contributed by atoms with Gasteiger partial charge in [-0.15, -0.1) is 0 Å². The molecule has 2 aromatic rings. The quantitative estimate of drug-likeness (QED) is 0.630. The number of allylic oxidation sites excluding steroid dienone is 1.